The lowest BCUT2D eigenvalue weighted by Crippen LogP contribution is -2.49. The van der Waals surface area contributed by atoms with Gasteiger partial charge in [0.25, 0.3) is 0 Å². The SMILES string of the molecule is O=C(CO)[C@@H](O)[C@H](O)[C@H](O)CNC(=O)C(F)(F)F. The summed E-state index contributed by atoms with van der Waals surface area (Å²) in [6.45, 7) is -2.13. The van der Waals surface area contributed by atoms with Gasteiger partial charge in [0.2, 0.25) is 0 Å². The first-order chi connectivity index (χ1) is 8.11. The highest BCUT2D eigenvalue weighted by Gasteiger charge is 2.39. The average Bonchev–Trinajstić information content (AvgIpc) is 2.31. The predicted octanol–water partition coefficient (Wildman–Crippen LogP) is -2.69. The molecule has 0 aliphatic heterocycles. The van der Waals surface area contributed by atoms with Crippen LogP contribution < -0.4 is 5.32 Å². The highest BCUT2D eigenvalue weighted by Crippen LogP contribution is 2.14. The number of aliphatic hydroxyl groups excluding tert-OH is 4. The molecule has 18 heavy (non-hydrogen) atoms. The quantitative estimate of drug-likeness (QED) is 0.359. The molecule has 0 bridgehead atoms. The molecule has 0 rings (SSSR count). The Labute approximate surface area is 98.8 Å². The first-order valence-electron chi connectivity index (χ1n) is 4.64. The van der Waals surface area contributed by atoms with Crippen LogP contribution in [-0.4, -0.2) is 69.8 Å². The summed E-state index contributed by atoms with van der Waals surface area (Å²) in [7, 11) is 0. The number of Topliss-reactive ketones (excluding diaryl/α,β-unsaturated/α-hetero) is 1. The van der Waals surface area contributed by atoms with Gasteiger partial charge in [-0.2, -0.15) is 13.2 Å². The number of halogens is 3. The Morgan fingerprint density at radius 1 is 1.17 bits per heavy atom. The van der Waals surface area contributed by atoms with Crippen molar-refractivity contribution >= 4 is 11.7 Å². The van der Waals surface area contributed by atoms with Crippen LogP contribution in [0.2, 0.25) is 0 Å². The van der Waals surface area contributed by atoms with Gasteiger partial charge in [0.1, 0.15) is 24.9 Å². The van der Waals surface area contributed by atoms with Gasteiger partial charge in [0, 0.05) is 6.54 Å². The minimum Gasteiger partial charge on any atom is -0.388 e. The number of ketones is 1. The van der Waals surface area contributed by atoms with E-state index in [2.05, 4.69) is 0 Å². The Balaban J connectivity index is 4.29. The number of amides is 1. The third-order valence-electron chi connectivity index (χ3n) is 1.93. The maximum atomic E-state index is 11.7. The lowest BCUT2D eigenvalue weighted by molar-refractivity contribution is -0.174. The van der Waals surface area contributed by atoms with Crippen LogP contribution in [0, 0.1) is 0 Å². The van der Waals surface area contributed by atoms with E-state index in [0.29, 0.717) is 0 Å². The number of carbonyl (C=O) groups is 2. The molecule has 5 N–H and O–H groups in total. The van der Waals surface area contributed by atoms with Crippen molar-refractivity contribution in [3.63, 3.8) is 0 Å². The fraction of sp³-hybridized carbons (Fsp3) is 0.750. The second-order valence-electron chi connectivity index (χ2n) is 3.33. The van der Waals surface area contributed by atoms with E-state index in [1.54, 1.807) is 0 Å². The van der Waals surface area contributed by atoms with Gasteiger partial charge in [0.15, 0.2) is 5.78 Å². The van der Waals surface area contributed by atoms with Crippen molar-refractivity contribution in [2.24, 2.45) is 0 Å². The monoisotopic (exact) mass is 275 g/mol. The van der Waals surface area contributed by atoms with Gasteiger partial charge in [-0.25, -0.2) is 0 Å². The number of hydrogen-bond donors (Lipinski definition) is 5. The molecule has 0 fully saturated rings. The van der Waals surface area contributed by atoms with Gasteiger partial charge in [-0.05, 0) is 0 Å². The van der Waals surface area contributed by atoms with E-state index in [1.807, 2.05) is 0 Å². The van der Waals surface area contributed by atoms with Crippen LogP contribution in [0.25, 0.3) is 0 Å². The summed E-state index contributed by atoms with van der Waals surface area (Å²) >= 11 is 0. The van der Waals surface area contributed by atoms with E-state index in [-0.39, 0.29) is 0 Å². The number of aliphatic hydroxyl groups is 4. The van der Waals surface area contributed by atoms with Gasteiger partial charge in [-0.1, -0.05) is 0 Å². The van der Waals surface area contributed by atoms with E-state index < -0.39 is 49.3 Å². The van der Waals surface area contributed by atoms with E-state index >= 15 is 0 Å². The van der Waals surface area contributed by atoms with E-state index in [4.69, 9.17) is 20.4 Å². The van der Waals surface area contributed by atoms with Crippen LogP contribution in [0.1, 0.15) is 0 Å². The minimum absolute atomic E-state index is 1.02. The molecule has 0 saturated carbocycles. The lowest BCUT2D eigenvalue weighted by Gasteiger charge is -2.21. The molecule has 0 aromatic rings. The summed E-state index contributed by atoms with van der Waals surface area (Å²) in [4.78, 5) is 21.1. The molecule has 10 heteroatoms. The first kappa shape index (κ1) is 16.8. The Bertz CT molecular complexity index is 308. The van der Waals surface area contributed by atoms with Gasteiger partial charge in [-0.3, -0.25) is 9.59 Å². The fourth-order valence-corrected chi connectivity index (χ4v) is 0.913. The molecular weight excluding hydrogens is 263 g/mol. The third-order valence-corrected chi connectivity index (χ3v) is 1.93. The van der Waals surface area contributed by atoms with E-state index in [9.17, 15) is 22.8 Å². The molecule has 3 atom stereocenters. The number of hydrogen-bond acceptors (Lipinski definition) is 6. The van der Waals surface area contributed by atoms with Gasteiger partial charge in [0.05, 0.1) is 0 Å². The van der Waals surface area contributed by atoms with Crippen molar-refractivity contribution < 1.29 is 43.2 Å². The van der Waals surface area contributed by atoms with Gasteiger partial charge < -0.3 is 25.7 Å². The van der Waals surface area contributed by atoms with Crippen molar-refractivity contribution in [2.75, 3.05) is 13.2 Å². The minimum atomic E-state index is -5.15. The summed E-state index contributed by atoms with van der Waals surface area (Å²) in [5, 5.41) is 36.9. The maximum absolute atomic E-state index is 11.7. The Hall–Kier alpha value is -1.23. The molecule has 0 heterocycles. The molecular formula is C8H12F3NO6. The van der Waals surface area contributed by atoms with Crippen LogP contribution in [-0.2, 0) is 9.59 Å². The normalized spacial score (nSPS) is 16.8. The topological polar surface area (TPSA) is 127 Å². The van der Waals surface area contributed by atoms with Crippen LogP contribution in [0.5, 0.6) is 0 Å². The van der Waals surface area contributed by atoms with Crippen LogP contribution in [0.4, 0.5) is 13.2 Å². The van der Waals surface area contributed by atoms with Crippen LogP contribution in [0.3, 0.4) is 0 Å². The van der Waals surface area contributed by atoms with Crippen molar-refractivity contribution in [1.82, 2.24) is 5.32 Å². The van der Waals surface area contributed by atoms with Gasteiger partial charge >= 0.3 is 12.1 Å². The summed E-state index contributed by atoms with van der Waals surface area (Å²) in [5.74, 6) is -3.56. The van der Waals surface area contributed by atoms with Gasteiger partial charge in [-0.15, -0.1) is 0 Å². The molecule has 0 aliphatic rings. The second-order valence-corrected chi connectivity index (χ2v) is 3.33. The zero-order valence-corrected chi connectivity index (χ0v) is 8.89. The standard InChI is InChI=1S/C8H12F3NO6/c9-8(10,11)7(18)12-1-3(14)5(16)6(17)4(15)2-13/h3,5-6,13-14,16-17H,1-2H2,(H,12,18)/t3-,5-,6-/m1/s1. The van der Waals surface area contributed by atoms with Crippen molar-refractivity contribution in [1.29, 1.82) is 0 Å². The largest absolute Gasteiger partial charge is 0.471 e. The molecule has 106 valence electrons. The van der Waals surface area contributed by atoms with E-state index in [0.717, 1.165) is 0 Å². The van der Waals surface area contributed by atoms with Crippen LogP contribution in [0.15, 0.2) is 0 Å². The second kappa shape index (κ2) is 6.64. The summed E-state index contributed by atoms with van der Waals surface area (Å²) in [6, 6.07) is 0. The van der Waals surface area contributed by atoms with Crippen molar-refractivity contribution in [3.05, 3.63) is 0 Å². The fourth-order valence-electron chi connectivity index (χ4n) is 0.913. The Kier molecular flexibility index (Phi) is 6.18. The number of carbonyl (C=O) groups excluding carboxylic acids is 2. The maximum Gasteiger partial charge on any atom is 0.471 e. The highest BCUT2D eigenvalue weighted by atomic mass is 19.4. The molecule has 1 amide bonds. The predicted molar refractivity (Wildman–Crippen MR) is 49.2 cm³/mol. The average molecular weight is 275 g/mol. The summed E-state index contributed by atoms with van der Waals surface area (Å²) in [5.41, 5.74) is 0. The van der Waals surface area contributed by atoms with Crippen LogP contribution >= 0.6 is 0 Å². The smallest absolute Gasteiger partial charge is 0.388 e. The van der Waals surface area contributed by atoms with E-state index in [1.165, 1.54) is 5.32 Å². The number of alkyl halides is 3. The Morgan fingerprint density at radius 2 is 1.67 bits per heavy atom. The zero-order valence-electron chi connectivity index (χ0n) is 8.89. The van der Waals surface area contributed by atoms with Crippen molar-refractivity contribution in [3.8, 4) is 0 Å². The molecule has 0 aromatic carbocycles. The molecule has 7 nitrogen and oxygen atoms in total. The van der Waals surface area contributed by atoms with Crippen molar-refractivity contribution in [2.45, 2.75) is 24.5 Å². The number of nitrogens with one attached hydrogen (secondary N) is 1. The first-order valence-corrected chi connectivity index (χ1v) is 4.64. The molecule has 0 aliphatic carbocycles. The molecule has 0 radical (unpaired) electrons. The molecule has 0 unspecified atom stereocenters. The molecule has 0 saturated heterocycles. The highest BCUT2D eigenvalue weighted by molar-refractivity contribution is 5.84. The Morgan fingerprint density at radius 3 is 2.06 bits per heavy atom. The number of rotatable bonds is 6. The summed E-state index contributed by atoms with van der Waals surface area (Å²) in [6.07, 6.45) is -11.4. The summed E-state index contributed by atoms with van der Waals surface area (Å²) < 4.78 is 35.2. The lowest BCUT2D eigenvalue weighted by atomic mass is 10.0. The molecule has 0 aromatic heterocycles. The molecule has 0 spiro atoms. The zero-order chi connectivity index (χ0) is 14.5. The third kappa shape index (κ3) is 4.96.